The highest BCUT2D eigenvalue weighted by Crippen LogP contribution is 2.58. The van der Waals surface area contributed by atoms with Crippen LogP contribution in [0.1, 0.15) is 71.6 Å². The molecule has 0 saturated heterocycles. The largest absolute Gasteiger partial charge is 0.418 e. The van der Waals surface area contributed by atoms with Gasteiger partial charge in [-0.2, -0.15) is 13.2 Å². The van der Waals surface area contributed by atoms with Crippen LogP contribution in [0.25, 0.3) is 0 Å². The van der Waals surface area contributed by atoms with E-state index in [9.17, 15) is 18.0 Å². The van der Waals surface area contributed by atoms with Crippen molar-refractivity contribution in [2.24, 2.45) is 5.41 Å². The van der Waals surface area contributed by atoms with Crippen molar-refractivity contribution >= 4 is 23.4 Å². The average Bonchev–Trinajstić information content (AvgIpc) is 3.46. The van der Waals surface area contributed by atoms with Crippen LogP contribution in [-0.2, 0) is 6.18 Å². The summed E-state index contributed by atoms with van der Waals surface area (Å²) in [6.07, 6.45) is 6.09. The van der Waals surface area contributed by atoms with Crippen LogP contribution in [-0.4, -0.2) is 22.1 Å². The molecule has 4 rings (SSSR count). The summed E-state index contributed by atoms with van der Waals surface area (Å²) < 4.78 is 40.6. The van der Waals surface area contributed by atoms with Gasteiger partial charge in [0, 0.05) is 24.0 Å². The zero-order chi connectivity index (χ0) is 21.5. The topological polar surface area (TPSA) is 54.9 Å². The zero-order valence-electron chi connectivity index (χ0n) is 17.0. The molecule has 160 valence electrons. The van der Waals surface area contributed by atoms with Crippen LogP contribution in [0.15, 0.2) is 29.6 Å². The fraction of sp³-hybridized carbons (Fsp3) is 0.500. The molecule has 2 aromatic rings. The van der Waals surface area contributed by atoms with E-state index in [1.54, 1.807) is 18.3 Å². The lowest BCUT2D eigenvalue weighted by Crippen LogP contribution is -2.24. The molecule has 2 aromatic heterocycles. The van der Waals surface area contributed by atoms with Gasteiger partial charge in [-0.1, -0.05) is 0 Å². The van der Waals surface area contributed by atoms with Crippen LogP contribution >= 0.6 is 11.8 Å². The molecule has 0 aromatic carbocycles. The first kappa shape index (κ1) is 21.2. The highest BCUT2D eigenvalue weighted by Gasteiger charge is 2.46. The lowest BCUT2D eigenvalue weighted by Gasteiger charge is -2.30. The number of aromatic nitrogens is 2. The molecule has 4 nitrogen and oxygen atoms in total. The van der Waals surface area contributed by atoms with E-state index in [2.05, 4.69) is 15.3 Å². The van der Waals surface area contributed by atoms with Gasteiger partial charge in [0.15, 0.2) is 0 Å². The van der Waals surface area contributed by atoms with E-state index < -0.39 is 17.6 Å². The van der Waals surface area contributed by atoms with Gasteiger partial charge in [0.25, 0.3) is 5.91 Å². The Hall–Kier alpha value is -2.09. The second-order valence-electron chi connectivity index (χ2n) is 8.37. The minimum Gasteiger partial charge on any atom is -0.322 e. The fourth-order valence-corrected chi connectivity index (χ4v) is 4.89. The second kappa shape index (κ2) is 7.87. The maximum absolute atomic E-state index is 13.5. The predicted octanol–water partition coefficient (Wildman–Crippen LogP) is 6.22. The number of carbonyl (C=O) groups is 1. The Balaban J connectivity index is 1.69. The van der Waals surface area contributed by atoms with E-state index in [0.717, 1.165) is 31.9 Å². The van der Waals surface area contributed by atoms with Crippen LogP contribution < -0.4 is 5.32 Å². The van der Waals surface area contributed by atoms with Gasteiger partial charge < -0.3 is 5.32 Å². The third-order valence-electron chi connectivity index (χ3n) is 6.49. The fourth-order valence-electron chi connectivity index (χ4n) is 4.48. The summed E-state index contributed by atoms with van der Waals surface area (Å²) >= 11 is 1.42. The summed E-state index contributed by atoms with van der Waals surface area (Å²) in [6, 6.07) is 3.33. The molecule has 0 aliphatic heterocycles. The summed E-state index contributed by atoms with van der Waals surface area (Å²) in [5.74, 6) is -0.539. The third kappa shape index (κ3) is 4.19. The maximum atomic E-state index is 13.5. The number of rotatable bonds is 4. The standard InChI is InChI=1S/C22H24F3N3OS/c1-13-16(22(23,24)25)12-27-19(14-3-6-21(7-4-14)8-9-21)18(13)20(29)28-15-5-10-26-17(11-15)30-2/h5,10-12,14H,3-4,6-9H2,1-2H3,(H,26,28,29). The number of nitrogens with one attached hydrogen (secondary N) is 1. The molecule has 0 bridgehead atoms. The SMILES string of the molecule is CSc1cc(NC(=O)c2c(C3CCC4(CC3)CC4)ncc(C(F)(F)F)c2C)ccn1. The number of alkyl halides is 3. The number of halogens is 3. The van der Waals surface area contributed by atoms with Crippen molar-refractivity contribution in [3.8, 4) is 0 Å². The van der Waals surface area contributed by atoms with Crippen molar-refractivity contribution in [2.75, 3.05) is 11.6 Å². The summed E-state index contributed by atoms with van der Waals surface area (Å²) in [5.41, 5.74) is 0.589. The van der Waals surface area contributed by atoms with Crippen LogP contribution in [0, 0.1) is 12.3 Å². The minimum atomic E-state index is -4.56. The Bertz CT molecular complexity index is 963. The first-order valence-corrected chi connectivity index (χ1v) is 11.3. The Labute approximate surface area is 178 Å². The Morgan fingerprint density at radius 2 is 1.90 bits per heavy atom. The van der Waals surface area contributed by atoms with Gasteiger partial charge >= 0.3 is 6.18 Å². The van der Waals surface area contributed by atoms with Crippen molar-refractivity contribution in [3.63, 3.8) is 0 Å². The number of carbonyl (C=O) groups excluding carboxylic acids is 1. The van der Waals surface area contributed by atoms with E-state index in [1.165, 1.54) is 31.5 Å². The normalized spacial score (nSPS) is 18.4. The molecule has 1 amide bonds. The van der Waals surface area contributed by atoms with Gasteiger partial charge in [0.1, 0.15) is 0 Å². The van der Waals surface area contributed by atoms with Crippen molar-refractivity contribution in [1.82, 2.24) is 9.97 Å². The first-order valence-electron chi connectivity index (χ1n) is 10.1. The molecule has 0 radical (unpaired) electrons. The van der Waals surface area contributed by atoms with E-state index >= 15 is 0 Å². The lowest BCUT2D eigenvalue weighted by atomic mass is 9.77. The molecule has 8 heteroatoms. The van der Waals surface area contributed by atoms with Crippen molar-refractivity contribution in [1.29, 1.82) is 0 Å². The number of anilines is 1. The molecule has 30 heavy (non-hydrogen) atoms. The van der Waals surface area contributed by atoms with Gasteiger partial charge in [-0.25, -0.2) is 4.98 Å². The van der Waals surface area contributed by atoms with Crippen LogP contribution in [0.2, 0.25) is 0 Å². The number of pyridine rings is 2. The number of hydrogen-bond acceptors (Lipinski definition) is 4. The summed E-state index contributed by atoms with van der Waals surface area (Å²) in [6.45, 7) is 1.37. The number of nitrogens with zero attached hydrogens (tertiary/aromatic N) is 2. The van der Waals surface area contributed by atoms with Crippen LogP contribution in [0.5, 0.6) is 0 Å². The molecule has 0 atom stereocenters. The smallest absolute Gasteiger partial charge is 0.322 e. The Morgan fingerprint density at radius 1 is 1.20 bits per heavy atom. The molecule has 2 fully saturated rings. The summed E-state index contributed by atoms with van der Waals surface area (Å²) in [7, 11) is 0. The molecule has 0 unspecified atom stereocenters. The van der Waals surface area contributed by atoms with Crippen LogP contribution in [0.4, 0.5) is 18.9 Å². The summed E-state index contributed by atoms with van der Waals surface area (Å²) in [5, 5.41) is 3.48. The minimum absolute atomic E-state index is 0.0113. The molecule has 2 saturated carbocycles. The van der Waals surface area contributed by atoms with Gasteiger partial charge in [0.2, 0.25) is 0 Å². The molecule has 2 aliphatic carbocycles. The van der Waals surface area contributed by atoms with Gasteiger partial charge in [-0.15, -0.1) is 11.8 Å². The van der Waals surface area contributed by atoms with Gasteiger partial charge in [-0.05, 0) is 74.8 Å². The third-order valence-corrected chi connectivity index (χ3v) is 7.13. The molecule has 1 spiro atoms. The zero-order valence-corrected chi connectivity index (χ0v) is 17.8. The molecule has 1 N–H and O–H groups in total. The van der Waals surface area contributed by atoms with Gasteiger partial charge in [-0.3, -0.25) is 9.78 Å². The van der Waals surface area contributed by atoms with E-state index in [4.69, 9.17) is 0 Å². The van der Waals surface area contributed by atoms with E-state index in [0.29, 0.717) is 21.8 Å². The van der Waals surface area contributed by atoms with E-state index in [1.807, 2.05) is 6.26 Å². The Morgan fingerprint density at radius 3 is 2.50 bits per heavy atom. The van der Waals surface area contributed by atoms with Crippen molar-refractivity contribution < 1.29 is 18.0 Å². The number of hydrogen-bond donors (Lipinski definition) is 1. The molecule has 2 aliphatic rings. The Kier molecular flexibility index (Phi) is 5.55. The summed E-state index contributed by atoms with van der Waals surface area (Å²) in [4.78, 5) is 21.5. The molecular weight excluding hydrogens is 411 g/mol. The molecule has 2 heterocycles. The number of amides is 1. The molecular formula is C22H24F3N3OS. The van der Waals surface area contributed by atoms with E-state index in [-0.39, 0.29) is 17.0 Å². The van der Waals surface area contributed by atoms with Crippen LogP contribution in [0.3, 0.4) is 0 Å². The highest BCUT2D eigenvalue weighted by molar-refractivity contribution is 7.98. The number of thioether (sulfide) groups is 1. The quantitative estimate of drug-likeness (QED) is 0.580. The first-order chi connectivity index (χ1) is 14.2. The maximum Gasteiger partial charge on any atom is 0.418 e. The monoisotopic (exact) mass is 435 g/mol. The van der Waals surface area contributed by atoms with Crippen molar-refractivity contribution in [2.45, 2.75) is 62.6 Å². The second-order valence-corrected chi connectivity index (χ2v) is 9.20. The van der Waals surface area contributed by atoms with Gasteiger partial charge in [0.05, 0.1) is 21.8 Å². The van der Waals surface area contributed by atoms with Crippen molar-refractivity contribution in [3.05, 3.63) is 46.9 Å². The average molecular weight is 436 g/mol. The lowest BCUT2D eigenvalue weighted by molar-refractivity contribution is -0.138. The predicted molar refractivity (Wildman–Crippen MR) is 111 cm³/mol. The highest BCUT2D eigenvalue weighted by atomic mass is 32.2.